The van der Waals surface area contributed by atoms with Gasteiger partial charge in [0.1, 0.15) is 17.5 Å². The molecule has 30 heavy (non-hydrogen) atoms. The van der Waals surface area contributed by atoms with Crippen LogP contribution in [0.15, 0.2) is 36.4 Å². The van der Waals surface area contributed by atoms with Crippen molar-refractivity contribution in [1.29, 1.82) is 0 Å². The third-order valence-corrected chi connectivity index (χ3v) is 5.50. The number of fused-ring (bicyclic) bond motifs is 1. The van der Waals surface area contributed by atoms with Crippen molar-refractivity contribution in [3.8, 4) is 11.3 Å². The summed E-state index contributed by atoms with van der Waals surface area (Å²) >= 11 is 0. The van der Waals surface area contributed by atoms with E-state index in [2.05, 4.69) is 10.3 Å². The zero-order valence-corrected chi connectivity index (χ0v) is 16.7. The van der Waals surface area contributed by atoms with E-state index in [1.54, 1.807) is 26.0 Å². The van der Waals surface area contributed by atoms with Crippen molar-refractivity contribution in [2.45, 2.75) is 50.7 Å². The summed E-state index contributed by atoms with van der Waals surface area (Å²) in [4.78, 5) is 15.1. The molecule has 0 saturated heterocycles. The predicted molar refractivity (Wildman–Crippen MR) is 108 cm³/mol. The molecular formula is C23H23F3N2O2. The van der Waals surface area contributed by atoms with Crippen molar-refractivity contribution in [1.82, 2.24) is 10.3 Å². The minimum Gasteiger partial charge on any atom is -0.390 e. The fourth-order valence-corrected chi connectivity index (χ4v) is 4.15. The fourth-order valence-electron chi connectivity index (χ4n) is 4.15. The maximum Gasteiger partial charge on any atom is 0.223 e. The summed E-state index contributed by atoms with van der Waals surface area (Å²) in [5.41, 5.74) is 1.19. The first-order valence-corrected chi connectivity index (χ1v) is 9.89. The summed E-state index contributed by atoms with van der Waals surface area (Å²) in [6.07, 6.45) is 1.21. The summed E-state index contributed by atoms with van der Waals surface area (Å²) in [6.45, 7) is 3.14. The molecule has 1 aliphatic rings. The van der Waals surface area contributed by atoms with E-state index in [0.717, 1.165) is 11.6 Å². The number of aliphatic hydroxyl groups is 1. The smallest absolute Gasteiger partial charge is 0.223 e. The summed E-state index contributed by atoms with van der Waals surface area (Å²) in [5.74, 6) is -1.99. The van der Waals surface area contributed by atoms with E-state index in [0.29, 0.717) is 29.5 Å². The van der Waals surface area contributed by atoms with Crippen molar-refractivity contribution in [2.75, 3.05) is 0 Å². The van der Waals surface area contributed by atoms with Gasteiger partial charge in [-0.05, 0) is 74.1 Å². The van der Waals surface area contributed by atoms with Crippen LogP contribution in [0.4, 0.5) is 13.2 Å². The van der Waals surface area contributed by atoms with Crippen LogP contribution in [-0.4, -0.2) is 27.6 Å². The van der Waals surface area contributed by atoms with Crippen LogP contribution in [0, 0.1) is 17.5 Å². The van der Waals surface area contributed by atoms with Gasteiger partial charge in [-0.25, -0.2) is 13.2 Å². The highest BCUT2D eigenvalue weighted by atomic mass is 19.1. The first-order chi connectivity index (χ1) is 14.1. The fraction of sp³-hybridized carbons (Fsp3) is 0.348. The Hall–Kier alpha value is -2.80. The van der Waals surface area contributed by atoms with Gasteiger partial charge in [0, 0.05) is 17.5 Å². The third-order valence-electron chi connectivity index (χ3n) is 5.50. The number of aromatic amines is 1. The van der Waals surface area contributed by atoms with Crippen LogP contribution < -0.4 is 5.32 Å². The molecule has 0 atom stereocenters. The molecule has 1 aromatic heterocycles. The summed E-state index contributed by atoms with van der Waals surface area (Å²) in [5, 5.41) is 13.1. The highest BCUT2D eigenvalue weighted by Crippen LogP contribution is 2.45. The standard InChI is InChI=1S/C23H23F3N2O2/c1-23(2,30)11-19(29)27-16-7-13(8-16)20-17-9-15(25)10-18(26)22(17)28-21(20)12-3-5-14(24)6-4-12/h3-6,9-10,13,16,28,30H,7-8,11H2,1-2H3,(H,27,29). The Morgan fingerprint density at radius 3 is 2.43 bits per heavy atom. The number of benzene rings is 2. The largest absolute Gasteiger partial charge is 0.390 e. The molecule has 1 aliphatic carbocycles. The van der Waals surface area contributed by atoms with E-state index in [9.17, 15) is 23.1 Å². The van der Waals surface area contributed by atoms with Crippen LogP contribution in [0.5, 0.6) is 0 Å². The molecule has 1 amide bonds. The van der Waals surface area contributed by atoms with E-state index in [1.807, 2.05) is 0 Å². The highest BCUT2D eigenvalue weighted by molar-refractivity contribution is 5.92. The zero-order valence-electron chi connectivity index (χ0n) is 16.7. The number of carbonyl (C=O) groups is 1. The molecule has 3 aromatic rings. The average molecular weight is 416 g/mol. The molecule has 158 valence electrons. The Labute approximate surface area is 172 Å². The lowest BCUT2D eigenvalue weighted by Crippen LogP contribution is -2.45. The van der Waals surface area contributed by atoms with Crippen molar-refractivity contribution >= 4 is 16.8 Å². The second-order valence-electron chi connectivity index (χ2n) is 8.65. The van der Waals surface area contributed by atoms with Crippen molar-refractivity contribution in [3.63, 3.8) is 0 Å². The van der Waals surface area contributed by atoms with E-state index < -0.39 is 17.2 Å². The first-order valence-electron chi connectivity index (χ1n) is 9.89. The van der Waals surface area contributed by atoms with Gasteiger partial charge in [-0.15, -0.1) is 0 Å². The van der Waals surface area contributed by atoms with Gasteiger partial charge in [0.25, 0.3) is 0 Å². The van der Waals surface area contributed by atoms with Gasteiger partial charge in [0.05, 0.1) is 23.2 Å². The predicted octanol–water partition coefficient (Wildman–Crippen LogP) is 4.78. The molecule has 0 aliphatic heterocycles. The second kappa shape index (κ2) is 7.47. The topological polar surface area (TPSA) is 65.1 Å². The minimum absolute atomic E-state index is 0.00148. The minimum atomic E-state index is -1.09. The SMILES string of the molecule is CC(C)(O)CC(=O)NC1CC(c2c(-c3ccc(F)cc3)[nH]c3c(F)cc(F)cc23)C1. The Morgan fingerprint density at radius 2 is 1.80 bits per heavy atom. The molecule has 1 fully saturated rings. The highest BCUT2D eigenvalue weighted by Gasteiger charge is 2.36. The van der Waals surface area contributed by atoms with Gasteiger partial charge in [0.2, 0.25) is 5.91 Å². The van der Waals surface area contributed by atoms with Gasteiger partial charge >= 0.3 is 0 Å². The molecule has 7 heteroatoms. The first kappa shape index (κ1) is 20.5. The molecule has 0 radical (unpaired) electrons. The lowest BCUT2D eigenvalue weighted by Gasteiger charge is -2.37. The summed E-state index contributed by atoms with van der Waals surface area (Å²) < 4.78 is 41.7. The maximum atomic E-state index is 14.4. The Bertz CT molecular complexity index is 1090. The summed E-state index contributed by atoms with van der Waals surface area (Å²) in [7, 11) is 0. The zero-order chi connectivity index (χ0) is 21.6. The number of H-pyrrole nitrogens is 1. The molecule has 2 aromatic carbocycles. The number of rotatable bonds is 5. The molecule has 3 N–H and O–H groups in total. The lowest BCUT2D eigenvalue weighted by molar-refractivity contribution is -0.126. The number of nitrogens with one attached hydrogen (secondary N) is 2. The van der Waals surface area contributed by atoms with Crippen LogP contribution in [0.2, 0.25) is 0 Å². The van der Waals surface area contributed by atoms with Gasteiger partial charge in [-0.3, -0.25) is 4.79 Å². The van der Waals surface area contributed by atoms with Crippen LogP contribution in [0.3, 0.4) is 0 Å². The van der Waals surface area contributed by atoms with Gasteiger partial charge in [-0.1, -0.05) is 0 Å². The molecular weight excluding hydrogens is 393 g/mol. The van der Waals surface area contributed by atoms with E-state index in [-0.39, 0.29) is 35.6 Å². The number of hydrogen-bond donors (Lipinski definition) is 3. The molecule has 0 unspecified atom stereocenters. The number of halogens is 3. The molecule has 0 spiro atoms. The van der Waals surface area contributed by atoms with E-state index in [4.69, 9.17) is 0 Å². The van der Waals surface area contributed by atoms with Crippen molar-refractivity contribution in [3.05, 3.63) is 59.4 Å². The molecule has 4 rings (SSSR count). The van der Waals surface area contributed by atoms with E-state index in [1.165, 1.54) is 18.2 Å². The third kappa shape index (κ3) is 4.07. The molecule has 0 bridgehead atoms. The lowest BCUT2D eigenvalue weighted by atomic mass is 9.74. The maximum absolute atomic E-state index is 14.4. The van der Waals surface area contributed by atoms with Gasteiger partial charge in [0.15, 0.2) is 0 Å². The number of hydrogen-bond acceptors (Lipinski definition) is 2. The average Bonchev–Trinajstić information content (AvgIpc) is 2.96. The normalized spacial score (nSPS) is 19.0. The van der Waals surface area contributed by atoms with E-state index >= 15 is 0 Å². The monoisotopic (exact) mass is 416 g/mol. The molecule has 4 nitrogen and oxygen atoms in total. The molecule has 1 saturated carbocycles. The van der Waals surface area contributed by atoms with Crippen LogP contribution >= 0.6 is 0 Å². The van der Waals surface area contributed by atoms with Crippen molar-refractivity contribution in [2.24, 2.45) is 0 Å². The Balaban J connectivity index is 1.64. The van der Waals surface area contributed by atoms with Gasteiger partial charge < -0.3 is 15.4 Å². The van der Waals surface area contributed by atoms with Gasteiger partial charge in [-0.2, -0.15) is 0 Å². The number of amides is 1. The number of aromatic nitrogens is 1. The van der Waals surface area contributed by atoms with Crippen LogP contribution in [-0.2, 0) is 4.79 Å². The van der Waals surface area contributed by atoms with Crippen LogP contribution in [0.1, 0.15) is 44.6 Å². The second-order valence-corrected chi connectivity index (χ2v) is 8.65. The molecule has 1 heterocycles. The van der Waals surface area contributed by atoms with Crippen molar-refractivity contribution < 1.29 is 23.1 Å². The number of carbonyl (C=O) groups excluding carboxylic acids is 1. The quantitative estimate of drug-likeness (QED) is 0.561. The Kier molecular flexibility index (Phi) is 5.10. The van der Waals surface area contributed by atoms with Crippen LogP contribution in [0.25, 0.3) is 22.2 Å². The summed E-state index contributed by atoms with van der Waals surface area (Å²) in [6, 6.07) is 7.89. The Morgan fingerprint density at radius 1 is 1.13 bits per heavy atom.